The second-order valence-electron chi connectivity index (χ2n) is 7.02. The molecule has 1 fully saturated rings. The van der Waals surface area contributed by atoms with Gasteiger partial charge in [-0.25, -0.2) is 4.98 Å². The Labute approximate surface area is 178 Å². The molecule has 1 N–H and O–H groups in total. The Morgan fingerprint density at radius 2 is 1.46 bits per heavy atom. The third kappa shape index (κ3) is 4.40. The maximum atomic E-state index is 12.8. The van der Waals surface area contributed by atoms with E-state index in [1.165, 1.54) is 30.6 Å². The number of halogens is 2. The van der Waals surface area contributed by atoms with Gasteiger partial charge in [-0.15, -0.1) is 11.3 Å². The lowest BCUT2D eigenvalue weighted by molar-refractivity contribution is 0.0927. The molecule has 0 aliphatic heterocycles. The predicted molar refractivity (Wildman–Crippen MR) is 117 cm³/mol. The Balaban J connectivity index is 1.69. The number of rotatable bonds is 4. The molecule has 6 heteroatoms. The summed E-state index contributed by atoms with van der Waals surface area (Å²) in [6, 6.07) is 15.4. The number of thiazole rings is 1. The van der Waals surface area contributed by atoms with Crippen LogP contribution >= 0.6 is 34.5 Å². The average molecular weight is 431 g/mol. The topological polar surface area (TPSA) is 42.0 Å². The van der Waals surface area contributed by atoms with E-state index in [0.29, 0.717) is 15.1 Å². The molecule has 28 heavy (non-hydrogen) atoms. The van der Waals surface area contributed by atoms with Crippen molar-refractivity contribution in [1.82, 2.24) is 10.3 Å². The van der Waals surface area contributed by atoms with Gasteiger partial charge in [0.2, 0.25) is 0 Å². The Morgan fingerprint density at radius 1 is 0.893 bits per heavy atom. The Hall–Kier alpha value is -1.88. The summed E-state index contributed by atoms with van der Waals surface area (Å²) < 4.78 is 0. The van der Waals surface area contributed by atoms with Crippen molar-refractivity contribution >= 4 is 40.4 Å². The molecule has 1 amide bonds. The van der Waals surface area contributed by atoms with Gasteiger partial charge in [0.05, 0.1) is 10.6 Å². The molecule has 144 valence electrons. The van der Waals surface area contributed by atoms with Crippen molar-refractivity contribution in [3.63, 3.8) is 0 Å². The smallest absolute Gasteiger partial charge is 0.280 e. The number of hydrogen-bond donors (Lipinski definition) is 1. The molecule has 0 radical (unpaired) electrons. The molecule has 4 rings (SSSR count). The number of carbonyl (C=O) groups is 1. The summed E-state index contributed by atoms with van der Waals surface area (Å²) in [7, 11) is 0. The fraction of sp³-hybridized carbons (Fsp3) is 0.273. The fourth-order valence-corrected chi connectivity index (χ4v) is 4.76. The molecule has 0 unspecified atom stereocenters. The highest BCUT2D eigenvalue weighted by atomic mass is 35.5. The first-order valence-corrected chi connectivity index (χ1v) is 11.0. The minimum atomic E-state index is -0.0904. The van der Waals surface area contributed by atoms with Crippen molar-refractivity contribution in [2.45, 2.75) is 38.1 Å². The van der Waals surface area contributed by atoms with Crippen molar-refractivity contribution < 1.29 is 4.79 Å². The number of carbonyl (C=O) groups excluding carboxylic acids is 1. The molecule has 3 nitrogen and oxygen atoms in total. The second-order valence-corrected chi connectivity index (χ2v) is 8.89. The van der Waals surface area contributed by atoms with Crippen LogP contribution < -0.4 is 5.32 Å². The first-order valence-electron chi connectivity index (χ1n) is 9.44. The number of nitrogens with one attached hydrogen (secondary N) is 1. The minimum Gasteiger partial charge on any atom is -0.347 e. The third-order valence-electron chi connectivity index (χ3n) is 4.99. The van der Waals surface area contributed by atoms with Gasteiger partial charge in [0.15, 0.2) is 5.01 Å². The van der Waals surface area contributed by atoms with E-state index in [9.17, 15) is 4.79 Å². The quantitative estimate of drug-likeness (QED) is 0.491. The number of hydrogen-bond acceptors (Lipinski definition) is 3. The molecule has 1 saturated carbocycles. The maximum Gasteiger partial charge on any atom is 0.280 e. The van der Waals surface area contributed by atoms with Crippen LogP contribution in [0.1, 0.15) is 41.9 Å². The molecule has 0 saturated heterocycles. The predicted octanol–water partition coefficient (Wildman–Crippen LogP) is 6.85. The molecular weight excluding hydrogens is 411 g/mol. The number of nitrogens with zero attached hydrogens (tertiary/aromatic N) is 1. The zero-order valence-corrected chi connectivity index (χ0v) is 17.6. The summed E-state index contributed by atoms with van der Waals surface area (Å²) in [6.07, 6.45) is 5.70. The van der Waals surface area contributed by atoms with Crippen LogP contribution in [0.15, 0.2) is 48.5 Å². The van der Waals surface area contributed by atoms with Crippen molar-refractivity contribution in [2.75, 3.05) is 0 Å². The molecule has 2 aromatic carbocycles. The Morgan fingerprint density at radius 3 is 2.07 bits per heavy atom. The van der Waals surface area contributed by atoms with Crippen LogP contribution in [-0.2, 0) is 0 Å². The van der Waals surface area contributed by atoms with Gasteiger partial charge in [0.25, 0.3) is 5.91 Å². The van der Waals surface area contributed by atoms with Gasteiger partial charge in [-0.3, -0.25) is 4.79 Å². The minimum absolute atomic E-state index is 0.0904. The van der Waals surface area contributed by atoms with Crippen LogP contribution in [0, 0.1) is 0 Å². The summed E-state index contributed by atoms with van der Waals surface area (Å²) in [5.74, 6) is -0.0904. The van der Waals surface area contributed by atoms with Crippen LogP contribution in [0.5, 0.6) is 0 Å². The Bertz CT molecular complexity index is 898. The van der Waals surface area contributed by atoms with Crippen molar-refractivity contribution in [3.05, 3.63) is 63.6 Å². The zero-order chi connectivity index (χ0) is 19.5. The van der Waals surface area contributed by atoms with E-state index < -0.39 is 0 Å². The van der Waals surface area contributed by atoms with Crippen LogP contribution in [-0.4, -0.2) is 16.9 Å². The molecule has 0 bridgehead atoms. The normalized spacial score (nSPS) is 14.8. The van der Waals surface area contributed by atoms with Crippen LogP contribution in [0.4, 0.5) is 0 Å². The standard InChI is InChI=1S/C22H20Cl2N2OS/c23-16-10-6-14(7-11-16)19-20(15-8-12-17(24)13-9-15)28-22(26-19)21(27)25-18-4-2-1-3-5-18/h6-13,18H,1-5H2,(H,25,27). The van der Waals surface area contributed by atoms with Gasteiger partial charge in [-0.1, -0.05) is 66.7 Å². The largest absolute Gasteiger partial charge is 0.347 e. The maximum absolute atomic E-state index is 12.8. The van der Waals surface area contributed by atoms with E-state index in [1.807, 2.05) is 48.5 Å². The van der Waals surface area contributed by atoms with Crippen molar-refractivity contribution in [2.24, 2.45) is 0 Å². The molecular formula is C22H20Cl2N2OS. The molecule has 0 atom stereocenters. The van der Waals surface area contributed by atoms with E-state index in [1.54, 1.807) is 0 Å². The van der Waals surface area contributed by atoms with E-state index in [0.717, 1.165) is 34.5 Å². The van der Waals surface area contributed by atoms with Crippen LogP contribution in [0.25, 0.3) is 21.7 Å². The van der Waals surface area contributed by atoms with Gasteiger partial charge < -0.3 is 5.32 Å². The third-order valence-corrected chi connectivity index (χ3v) is 6.59. The zero-order valence-electron chi connectivity index (χ0n) is 15.3. The highest BCUT2D eigenvalue weighted by Crippen LogP contribution is 2.37. The van der Waals surface area contributed by atoms with Gasteiger partial charge in [-0.2, -0.15) is 0 Å². The molecule has 0 spiro atoms. The Kier molecular flexibility index (Phi) is 6.00. The highest BCUT2D eigenvalue weighted by molar-refractivity contribution is 7.17. The average Bonchev–Trinajstić information content (AvgIpc) is 3.15. The summed E-state index contributed by atoms with van der Waals surface area (Å²) in [5.41, 5.74) is 2.71. The van der Waals surface area contributed by atoms with E-state index in [2.05, 4.69) is 5.32 Å². The number of aromatic nitrogens is 1. The van der Waals surface area contributed by atoms with Crippen molar-refractivity contribution in [1.29, 1.82) is 0 Å². The van der Waals surface area contributed by atoms with E-state index in [4.69, 9.17) is 28.2 Å². The molecule has 1 heterocycles. The first kappa shape index (κ1) is 19.4. The lowest BCUT2D eigenvalue weighted by atomic mass is 9.95. The molecule has 1 aromatic heterocycles. The molecule has 3 aromatic rings. The molecule has 1 aliphatic carbocycles. The SMILES string of the molecule is O=C(NC1CCCCC1)c1nc(-c2ccc(Cl)cc2)c(-c2ccc(Cl)cc2)s1. The van der Waals surface area contributed by atoms with Gasteiger partial charge in [-0.05, 0) is 42.7 Å². The highest BCUT2D eigenvalue weighted by Gasteiger charge is 2.22. The van der Waals surface area contributed by atoms with Crippen LogP contribution in [0.3, 0.4) is 0 Å². The summed E-state index contributed by atoms with van der Waals surface area (Å²) in [5, 5.41) is 5.00. The van der Waals surface area contributed by atoms with E-state index >= 15 is 0 Å². The van der Waals surface area contributed by atoms with Crippen LogP contribution in [0.2, 0.25) is 10.0 Å². The fourth-order valence-electron chi connectivity index (χ4n) is 3.51. The summed E-state index contributed by atoms with van der Waals surface area (Å²) >= 11 is 13.5. The number of amides is 1. The summed E-state index contributed by atoms with van der Waals surface area (Å²) in [6.45, 7) is 0. The van der Waals surface area contributed by atoms with Gasteiger partial charge in [0.1, 0.15) is 0 Å². The van der Waals surface area contributed by atoms with Gasteiger partial charge >= 0.3 is 0 Å². The summed E-state index contributed by atoms with van der Waals surface area (Å²) in [4.78, 5) is 18.5. The number of benzene rings is 2. The monoisotopic (exact) mass is 430 g/mol. The van der Waals surface area contributed by atoms with E-state index in [-0.39, 0.29) is 11.9 Å². The lowest BCUT2D eigenvalue weighted by Crippen LogP contribution is -2.36. The second kappa shape index (κ2) is 8.64. The first-order chi connectivity index (χ1) is 13.6. The van der Waals surface area contributed by atoms with Gasteiger partial charge in [0, 0.05) is 21.7 Å². The lowest BCUT2D eigenvalue weighted by Gasteiger charge is -2.22. The van der Waals surface area contributed by atoms with Crippen molar-refractivity contribution in [3.8, 4) is 21.7 Å². The molecule has 1 aliphatic rings.